The van der Waals surface area contributed by atoms with E-state index in [9.17, 15) is 13.6 Å². The molecule has 0 amide bonds. The summed E-state index contributed by atoms with van der Waals surface area (Å²) in [5.41, 5.74) is 0. The average Bonchev–Trinajstić information content (AvgIpc) is 2.22. The van der Waals surface area contributed by atoms with Crippen molar-refractivity contribution in [3.63, 3.8) is 0 Å². The maximum atomic E-state index is 12.8. The molecule has 0 bridgehead atoms. The number of aliphatic carboxylic acids is 1. The van der Waals surface area contributed by atoms with E-state index in [1.165, 1.54) is 6.07 Å². The normalized spacial score (nSPS) is 12.2. The number of halogens is 2. The third-order valence-electron chi connectivity index (χ3n) is 2.00. The predicted octanol–water partition coefficient (Wildman–Crippen LogP) is 2.60. The molecule has 0 fully saturated rings. The van der Waals surface area contributed by atoms with E-state index in [0.29, 0.717) is 12.8 Å². The Morgan fingerprint density at radius 3 is 2.62 bits per heavy atom. The first-order valence-corrected chi connectivity index (χ1v) is 4.89. The molecule has 0 radical (unpaired) electrons. The molecule has 0 saturated heterocycles. The predicted molar refractivity (Wildman–Crippen MR) is 53.3 cm³/mol. The number of carbonyl (C=O) groups is 1. The lowest BCUT2D eigenvalue weighted by atomic mass is 10.2. The van der Waals surface area contributed by atoms with Crippen molar-refractivity contribution in [3.8, 4) is 5.75 Å². The van der Waals surface area contributed by atoms with Crippen LogP contribution in [-0.4, -0.2) is 17.2 Å². The van der Waals surface area contributed by atoms with Crippen molar-refractivity contribution in [1.82, 2.24) is 0 Å². The number of rotatable bonds is 5. The van der Waals surface area contributed by atoms with Gasteiger partial charge in [0, 0.05) is 6.07 Å². The highest BCUT2D eigenvalue weighted by atomic mass is 19.2. The van der Waals surface area contributed by atoms with E-state index < -0.39 is 23.7 Å². The van der Waals surface area contributed by atoms with Gasteiger partial charge in [0.05, 0.1) is 0 Å². The topological polar surface area (TPSA) is 46.5 Å². The molecule has 5 heteroatoms. The minimum atomic E-state index is -1.12. The van der Waals surface area contributed by atoms with Crippen molar-refractivity contribution in [3.05, 3.63) is 29.8 Å². The molecule has 0 spiro atoms. The fourth-order valence-corrected chi connectivity index (χ4v) is 1.21. The molecule has 3 nitrogen and oxygen atoms in total. The Bertz CT molecular complexity index is 379. The summed E-state index contributed by atoms with van der Waals surface area (Å²) >= 11 is 0. The lowest BCUT2D eigenvalue weighted by molar-refractivity contribution is -0.145. The van der Waals surface area contributed by atoms with E-state index in [0.717, 1.165) is 12.1 Å². The molecule has 1 aromatic carbocycles. The Balaban J connectivity index is 2.77. The Kier molecular flexibility index (Phi) is 4.22. The quantitative estimate of drug-likeness (QED) is 0.845. The number of carboxylic acids is 1. The lowest BCUT2D eigenvalue weighted by Gasteiger charge is -2.14. The van der Waals surface area contributed by atoms with Crippen LogP contribution >= 0.6 is 0 Å². The second kappa shape index (κ2) is 5.44. The summed E-state index contributed by atoms with van der Waals surface area (Å²) in [6, 6.07) is 2.93. The third kappa shape index (κ3) is 3.18. The van der Waals surface area contributed by atoms with Crippen molar-refractivity contribution in [2.75, 3.05) is 0 Å². The van der Waals surface area contributed by atoms with Crippen LogP contribution in [0.4, 0.5) is 8.78 Å². The van der Waals surface area contributed by atoms with Crippen molar-refractivity contribution in [2.45, 2.75) is 25.9 Å². The van der Waals surface area contributed by atoms with Gasteiger partial charge in [-0.3, -0.25) is 0 Å². The number of benzene rings is 1. The minimum Gasteiger partial charge on any atom is -0.479 e. The number of carboxylic acid groups (broad SMARTS) is 1. The smallest absolute Gasteiger partial charge is 0.344 e. The van der Waals surface area contributed by atoms with Gasteiger partial charge in [-0.05, 0) is 18.6 Å². The van der Waals surface area contributed by atoms with Crippen molar-refractivity contribution in [1.29, 1.82) is 0 Å². The molecule has 1 aromatic rings. The van der Waals surface area contributed by atoms with Crippen LogP contribution in [0.15, 0.2) is 18.2 Å². The third-order valence-corrected chi connectivity index (χ3v) is 2.00. The maximum Gasteiger partial charge on any atom is 0.344 e. The van der Waals surface area contributed by atoms with Gasteiger partial charge in [-0.15, -0.1) is 0 Å². The molecular formula is C11H12F2O3. The summed E-state index contributed by atoms with van der Waals surface area (Å²) in [5.74, 6) is -3.15. The van der Waals surface area contributed by atoms with Crippen LogP contribution in [0.25, 0.3) is 0 Å². The molecule has 1 rings (SSSR count). The first kappa shape index (κ1) is 12.4. The van der Waals surface area contributed by atoms with Crippen LogP contribution in [0, 0.1) is 11.6 Å². The molecular weight excluding hydrogens is 218 g/mol. The van der Waals surface area contributed by atoms with E-state index in [2.05, 4.69) is 0 Å². The Morgan fingerprint density at radius 1 is 1.44 bits per heavy atom. The van der Waals surface area contributed by atoms with E-state index in [4.69, 9.17) is 9.84 Å². The van der Waals surface area contributed by atoms with Gasteiger partial charge in [0.15, 0.2) is 17.7 Å². The first-order valence-electron chi connectivity index (χ1n) is 4.89. The highest BCUT2D eigenvalue weighted by Crippen LogP contribution is 2.18. The van der Waals surface area contributed by atoms with Gasteiger partial charge >= 0.3 is 5.97 Å². The summed E-state index contributed by atoms with van der Waals surface area (Å²) in [6.45, 7) is 1.81. The molecule has 88 valence electrons. The Morgan fingerprint density at radius 2 is 2.12 bits per heavy atom. The van der Waals surface area contributed by atoms with Crippen LogP contribution in [-0.2, 0) is 4.79 Å². The molecule has 0 aliphatic rings. The highest BCUT2D eigenvalue weighted by molar-refractivity contribution is 5.72. The maximum absolute atomic E-state index is 12.8. The van der Waals surface area contributed by atoms with E-state index in [-0.39, 0.29) is 5.75 Å². The number of hydrogen-bond donors (Lipinski definition) is 1. The highest BCUT2D eigenvalue weighted by Gasteiger charge is 2.18. The van der Waals surface area contributed by atoms with Gasteiger partial charge < -0.3 is 9.84 Å². The largest absolute Gasteiger partial charge is 0.479 e. The molecule has 0 aromatic heterocycles. The van der Waals surface area contributed by atoms with Gasteiger partial charge in [0.2, 0.25) is 0 Å². The van der Waals surface area contributed by atoms with E-state index >= 15 is 0 Å². The van der Waals surface area contributed by atoms with Crippen LogP contribution in [0.2, 0.25) is 0 Å². The minimum absolute atomic E-state index is 0.0137. The number of ether oxygens (including phenoxy) is 1. The molecule has 16 heavy (non-hydrogen) atoms. The monoisotopic (exact) mass is 230 g/mol. The molecule has 0 heterocycles. The van der Waals surface area contributed by atoms with Crippen LogP contribution in [0.3, 0.4) is 0 Å². The van der Waals surface area contributed by atoms with Crippen LogP contribution < -0.4 is 4.74 Å². The molecule has 0 aliphatic carbocycles. The van der Waals surface area contributed by atoms with Gasteiger partial charge in [-0.1, -0.05) is 13.3 Å². The molecule has 0 saturated carbocycles. The first-order chi connectivity index (χ1) is 7.54. The fourth-order valence-electron chi connectivity index (χ4n) is 1.21. The average molecular weight is 230 g/mol. The number of hydrogen-bond acceptors (Lipinski definition) is 2. The Hall–Kier alpha value is -1.65. The zero-order valence-electron chi connectivity index (χ0n) is 8.74. The van der Waals surface area contributed by atoms with Gasteiger partial charge in [-0.25, -0.2) is 13.6 Å². The second-order valence-corrected chi connectivity index (χ2v) is 3.31. The zero-order chi connectivity index (χ0) is 12.1. The lowest BCUT2D eigenvalue weighted by Crippen LogP contribution is -2.26. The van der Waals surface area contributed by atoms with Gasteiger partial charge in [-0.2, -0.15) is 0 Å². The van der Waals surface area contributed by atoms with E-state index in [1.54, 1.807) is 0 Å². The second-order valence-electron chi connectivity index (χ2n) is 3.31. The summed E-state index contributed by atoms with van der Waals surface area (Å²) in [4.78, 5) is 10.8. The molecule has 1 atom stereocenters. The zero-order valence-corrected chi connectivity index (χ0v) is 8.74. The van der Waals surface area contributed by atoms with Crippen molar-refractivity contribution < 1.29 is 23.4 Å². The summed E-state index contributed by atoms with van der Waals surface area (Å²) in [5, 5.41) is 8.80. The summed E-state index contributed by atoms with van der Waals surface area (Å²) in [7, 11) is 0. The van der Waals surface area contributed by atoms with Gasteiger partial charge in [0.1, 0.15) is 5.75 Å². The summed E-state index contributed by atoms with van der Waals surface area (Å²) in [6.07, 6.45) is -0.0931. The van der Waals surface area contributed by atoms with Crippen LogP contribution in [0.5, 0.6) is 5.75 Å². The Labute approximate surface area is 91.7 Å². The van der Waals surface area contributed by atoms with Gasteiger partial charge in [0.25, 0.3) is 0 Å². The SMILES string of the molecule is CCCC(Oc1ccc(F)c(F)c1)C(=O)O. The standard InChI is InChI=1S/C11H12F2O3/c1-2-3-10(11(14)15)16-7-4-5-8(12)9(13)6-7/h4-6,10H,2-3H2,1H3,(H,14,15). The fraction of sp³-hybridized carbons (Fsp3) is 0.364. The van der Waals surface area contributed by atoms with E-state index in [1.807, 2.05) is 6.92 Å². The molecule has 1 N–H and O–H groups in total. The molecule has 1 unspecified atom stereocenters. The van der Waals surface area contributed by atoms with Crippen molar-refractivity contribution in [2.24, 2.45) is 0 Å². The van der Waals surface area contributed by atoms with Crippen LogP contribution in [0.1, 0.15) is 19.8 Å². The molecule has 0 aliphatic heterocycles. The van der Waals surface area contributed by atoms with Crippen molar-refractivity contribution >= 4 is 5.97 Å². The summed E-state index contributed by atoms with van der Waals surface area (Å²) < 4.78 is 30.5.